The van der Waals surface area contributed by atoms with Crippen molar-refractivity contribution in [2.45, 2.75) is 39.2 Å². The Kier molecular flexibility index (Phi) is 9.73. The summed E-state index contributed by atoms with van der Waals surface area (Å²) in [6, 6.07) is 0. The average molecular weight is 231 g/mol. The van der Waals surface area contributed by atoms with Crippen LogP contribution in [0.5, 0.6) is 0 Å². The van der Waals surface area contributed by atoms with Gasteiger partial charge in [-0.2, -0.15) is 0 Å². The van der Waals surface area contributed by atoms with Gasteiger partial charge in [0.2, 0.25) is 6.08 Å². The number of rotatable bonds is 9. The van der Waals surface area contributed by atoms with E-state index in [0.29, 0.717) is 25.3 Å². The van der Waals surface area contributed by atoms with Gasteiger partial charge in [0, 0.05) is 18.8 Å². The van der Waals surface area contributed by atoms with Crippen molar-refractivity contribution in [3.8, 4) is 0 Å². The Bertz CT molecular complexity index is 189. The monoisotopic (exact) mass is 231 g/mol. The number of hydrogen-bond donors (Lipinski definition) is 0. The molecule has 15 heavy (non-hydrogen) atoms. The molecule has 1 unspecified atom stereocenters. The van der Waals surface area contributed by atoms with Crippen molar-refractivity contribution in [3.05, 3.63) is 0 Å². The van der Waals surface area contributed by atoms with Gasteiger partial charge in [0.25, 0.3) is 0 Å². The maximum Gasteiger partial charge on any atom is 0.324 e. The summed E-state index contributed by atoms with van der Waals surface area (Å²) in [5.74, 6) is 0. The van der Waals surface area contributed by atoms with Gasteiger partial charge in [0.15, 0.2) is 0 Å². The topological polar surface area (TPSA) is 47.9 Å². The third kappa shape index (κ3) is 6.57. The second-order valence-corrected chi connectivity index (χ2v) is 5.56. The van der Waals surface area contributed by atoms with E-state index in [9.17, 15) is 4.79 Å². The zero-order valence-electron chi connectivity index (χ0n) is 9.86. The van der Waals surface area contributed by atoms with Crippen LogP contribution in [0.1, 0.15) is 33.6 Å². The Balaban J connectivity index is 4.10. The molecule has 0 aliphatic rings. The van der Waals surface area contributed by atoms with Crippen molar-refractivity contribution < 1.29 is 13.6 Å². The molecule has 1 atom stereocenters. The standard InChI is InChI=1S/C10H21NO3Si/c1-4-10(7-8-11-9-12)15(13-5-2)14-6-3/h10,15H,4-8H2,1-3H3. The molecule has 4 nitrogen and oxygen atoms in total. The molecule has 0 aromatic heterocycles. The molecule has 0 aliphatic carbocycles. The highest BCUT2D eigenvalue weighted by Gasteiger charge is 2.23. The number of aliphatic imine (C=N–C) groups is 1. The minimum atomic E-state index is -1.58. The Hall–Kier alpha value is -0.483. The fourth-order valence-electron chi connectivity index (χ4n) is 1.46. The molecule has 88 valence electrons. The average Bonchev–Trinajstić information content (AvgIpc) is 2.24. The molecule has 0 bridgehead atoms. The van der Waals surface area contributed by atoms with Crippen LogP contribution >= 0.6 is 0 Å². The molecule has 0 spiro atoms. The molecule has 0 aromatic rings. The molecule has 0 fully saturated rings. The van der Waals surface area contributed by atoms with Crippen LogP contribution in [-0.2, 0) is 13.6 Å². The Morgan fingerprint density at radius 2 is 1.87 bits per heavy atom. The normalized spacial score (nSPS) is 12.5. The van der Waals surface area contributed by atoms with Crippen molar-refractivity contribution in [3.63, 3.8) is 0 Å². The van der Waals surface area contributed by atoms with Crippen molar-refractivity contribution in [1.82, 2.24) is 0 Å². The maximum atomic E-state index is 9.95. The van der Waals surface area contributed by atoms with Crippen molar-refractivity contribution in [2.24, 2.45) is 4.99 Å². The summed E-state index contributed by atoms with van der Waals surface area (Å²) < 4.78 is 11.3. The SMILES string of the molecule is CCO[SiH](OCC)C(CC)CCN=C=O. The van der Waals surface area contributed by atoms with Gasteiger partial charge >= 0.3 is 9.28 Å². The first-order chi connectivity index (χ1) is 7.29. The van der Waals surface area contributed by atoms with Gasteiger partial charge in [-0.05, 0) is 20.3 Å². The summed E-state index contributed by atoms with van der Waals surface area (Å²) in [6.45, 7) is 8.01. The van der Waals surface area contributed by atoms with E-state index in [1.165, 1.54) is 0 Å². The van der Waals surface area contributed by atoms with E-state index < -0.39 is 9.28 Å². The molecular weight excluding hydrogens is 210 g/mol. The molecule has 0 saturated heterocycles. The Morgan fingerprint density at radius 1 is 1.27 bits per heavy atom. The second-order valence-electron chi connectivity index (χ2n) is 3.21. The third-order valence-electron chi connectivity index (χ3n) is 2.25. The first kappa shape index (κ1) is 14.5. The molecule has 0 rings (SSSR count). The summed E-state index contributed by atoms with van der Waals surface area (Å²) in [5, 5.41) is 0. The smallest absolute Gasteiger partial charge is 0.324 e. The fourth-order valence-corrected chi connectivity index (χ4v) is 3.56. The molecular formula is C10H21NO3Si. The van der Waals surface area contributed by atoms with Gasteiger partial charge < -0.3 is 8.85 Å². The number of carbonyl (C=O) groups excluding carboxylic acids is 1. The van der Waals surface area contributed by atoms with Gasteiger partial charge in [-0.25, -0.2) is 9.79 Å². The quantitative estimate of drug-likeness (QED) is 0.345. The van der Waals surface area contributed by atoms with E-state index in [1.807, 2.05) is 13.8 Å². The van der Waals surface area contributed by atoms with E-state index in [2.05, 4.69) is 11.9 Å². The molecule has 0 aliphatic heterocycles. The molecule has 0 heterocycles. The molecule has 0 radical (unpaired) electrons. The number of hydrogen-bond acceptors (Lipinski definition) is 4. The second kappa shape index (κ2) is 10.0. The third-order valence-corrected chi connectivity index (χ3v) is 5.15. The van der Waals surface area contributed by atoms with Gasteiger partial charge in [0.05, 0.1) is 6.54 Å². The van der Waals surface area contributed by atoms with Crippen LogP contribution in [0.3, 0.4) is 0 Å². The molecule has 0 aromatic carbocycles. The van der Waals surface area contributed by atoms with Crippen LogP contribution < -0.4 is 0 Å². The van der Waals surface area contributed by atoms with Crippen LogP contribution in [0.25, 0.3) is 0 Å². The lowest BCUT2D eigenvalue weighted by Gasteiger charge is -2.22. The Morgan fingerprint density at radius 3 is 2.27 bits per heavy atom. The van der Waals surface area contributed by atoms with E-state index in [-0.39, 0.29) is 0 Å². The summed E-state index contributed by atoms with van der Waals surface area (Å²) in [6.07, 6.45) is 3.44. The van der Waals surface area contributed by atoms with E-state index in [4.69, 9.17) is 8.85 Å². The molecule has 0 amide bonds. The first-order valence-electron chi connectivity index (χ1n) is 5.56. The van der Waals surface area contributed by atoms with Crippen molar-refractivity contribution >= 4 is 15.4 Å². The molecule has 0 N–H and O–H groups in total. The minimum absolute atomic E-state index is 0.432. The van der Waals surface area contributed by atoms with Gasteiger partial charge in [-0.15, -0.1) is 0 Å². The van der Waals surface area contributed by atoms with E-state index in [0.717, 1.165) is 12.8 Å². The van der Waals surface area contributed by atoms with Gasteiger partial charge in [-0.1, -0.05) is 13.3 Å². The van der Waals surface area contributed by atoms with Crippen molar-refractivity contribution in [2.75, 3.05) is 19.8 Å². The van der Waals surface area contributed by atoms with E-state index in [1.54, 1.807) is 6.08 Å². The summed E-state index contributed by atoms with van der Waals surface area (Å²) in [7, 11) is -1.58. The zero-order chi connectivity index (χ0) is 11.5. The van der Waals surface area contributed by atoms with Gasteiger partial charge in [0.1, 0.15) is 0 Å². The predicted octanol–water partition coefficient (Wildman–Crippen LogP) is 1.79. The first-order valence-corrected chi connectivity index (χ1v) is 7.17. The highest BCUT2D eigenvalue weighted by Crippen LogP contribution is 2.21. The van der Waals surface area contributed by atoms with Crippen LogP contribution in [0.15, 0.2) is 4.99 Å². The molecule has 5 heteroatoms. The summed E-state index contributed by atoms with van der Waals surface area (Å²) >= 11 is 0. The van der Waals surface area contributed by atoms with Crippen molar-refractivity contribution in [1.29, 1.82) is 0 Å². The lowest BCUT2D eigenvalue weighted by atomic mass is 10.2. The minimum Gasteiger partial charge on any atom is -0.397 e. The zero-order valence-corrected chi connectivity index (χ0v) is 11.0. The summed E-state index contributed by atoms with van der Waals surface area (Å²) in [4.78, 5) is 13.5. The fraction of sp³-hybridized carbons (Fsp3) is 0.900. The van der Waals surface area contributed by atoms with Crippen LogP contribution in [-0.4, -0.2) is 35.1 Å². The Labute approximate surface area is 93.5 Å². The number of nitrogens with zero attached hydrogens (tertiary/aromatic N) is 1. The van der Waals surface area contributed by atoms with Gasteiger partial charge in [-0.3, -0.25) is 0 Å². The predicted molar refractivity (Wildman–Crippen MR) is 62.0 cm³/mol. The molecule has 0 saturated carbocycles. The lowest BCUT2D eigenvalue weighted by Crippen LogP contribution is -2.29. The van der Waals surface area contributed by atoms with E-state index >= 15 is 0 Å². The van der Waals surface area contributed by atoms with Crippen LogP contribution in [0, 0.1) is 0 Å². The highest BCUT2D eigenvalue weighted by molar-refractivity contribution is 6.46. The maximum absolute atomic E-state index is 9.95. The summed E-state index contributed by atoms with van der Waals surface area (Å²) in [5.41, 5.74) is 0.432. The van der Waals surface area contributed by atoms with Crippen LogP contribution in [0.4, 0.5) is 0 Å². The lowest BCUT2D eigenvalue weighted by molar-refractivity contribution is 0.201. The highest BCUT2D eigenvalue weighted by atomic mass is 28.3. The largest absolute Gasteiger partial charge is 0.397 e. The van der Waals surface area contributed by atoms with Crippen LogP contribution in [0.2, 0.25) is 5.54 Å². The number of isocyanates is 1.